The molecule has 1 aliphatic rings. The van der Waals surface area contributed by atoms with Crippen molar-refractivity contribution in [2.24, 2.45) is 0 Å². The van der Waals surface area contributed by atoms with Crippen molar-refractivity contribution in [3.05, 3.63) is 65.5 Å². The van der Waals surface area contributed by atoms with E-state index in [1.807, 2.05) is 12.1 Å². The molecule has 2 aromatic carbocycles. The first-order valence-electron chi connectivity index (χ1n) is 9.18. The third-order valence-corrected chi connectivity index (χ3v) is 5.41. The summed E-state index contributed by atoms with van der Waals surface area (Å²) in [6.07, 6.45) is 6.68. The van der Waals surface area contributed by atoms with Gasteiger partial charge in [0.25, 0.3) is 0 Å². The van der Waals surface area contributed by atoms with Crippen LogP contribution in [-0.4, -0.2) is 0 Å². The smallest absolute Gasteiger partial charge is 0.134 e. The van der Waals surface area contributed by atoms with Gasteiger partial charge in [0.2, 0.25) is 0 Å². The molecule has 2 aromatic rings. The van der Waals surface area contributed by atoms with E-state index in [1.54, 1.807) is 12.1 Å². The summed E-state index contributed by atoms with van der Waals surface area (Å²) in [4.78, 5) is 0. The van der Waals surface area contributed by atoms with Gasteiger partial charge in [0.15, 0.2) is 0 Å². The maximum atomic E-state index is 13.3. The molecule has 0 bridgehead atoms. The number of hydrogen-bond acceptors (Lipinski definition) is 1. The Kier molecular flexibility index (Phi) is 5.23. The molecule has 0 N–H and O–H groups in total. The molecule has 2 heteroatoms. The first-order chi connectivity index (χ1) is 11.6. The number of ether oxygens (including phenoxy) is 1. The van der Waals surface area contributed by atoms with E-state index in [0.717, 1.165) is 43.4 Å². The third-order valence-electron chi connectivity index (χ3n) is 5.41. The Morgan fingerprint density at radius 2 is 1.58 bits per heavy atom. The van der Waals surface area contributed by atoms with Gasteiger partial charge in [-0.25, -0.2) is 4.39 Å². The van der Waals surface area contributed by atoms with Crippen LogP contribution in [0.3, 0.4) is 0 Å². The number of benzene rings is 2. The average molecular weight is 326 g/mol. The molecule has 0 saturated heterocycles. The van der Waals surface area contributed by atoms with Gasteiger partial charge in [-0.2, -0.15) is 0 Å². The first kappa shape index (κ1) is 17.0. The Hall–Kier alpha value is -1.83. The number of rotatable bonds is 5. The van der Waals surface area contributed by atoms with E-state index in [0.29, 0.717) is 5.92 Å². The van der Waals surface area contributed by atoms with Crippen molar-refractivity contribution in [3.63, 3.8) is 0 Å². The molecular formula is C22H27FO. The van der Waals surface area contributed by atoms with Gasteiger partial charge >= 0.3 is 0 Å². The summed E-state index contributed by atoms with van der Waals surface area (Å²) >= 11 is 0. The fourth-order valence-electron chi connectivity index (χ4n) is 3.65. The molecule has 1 nitrogen and oxygen atoms in total. The zero-order chi connectivity index (χ0) is 17.0. The highest BCUT2D eigenvalue weighted by atomic mass is 19.1. The minimum Gasteiger partial charge on any atom is -0.483 e. The van der Waals surface area contributed by atoms with Crippen molar-refractivity contribution >= 4 is 0 Å². The van der Waals surface area contributed by atoms with Crippen LogP contribution in [0.1, 0.15) is 69.4 Å². The van der Waals surface area contributed by atoms with E-state index >= 15 is 0 Å². The van der Waals surface area contributed by atoms with Crippen LogP contribution in [0.2, 0.25) is 0 Å². The summed E-state index contributed by atoms with van der Waals surface area (Å²) in [6, 6.07) is 15.4. The van der Waals surface area contributed by atoms with E-state index in [2.05, 4.69) is 38.1 Å². The molecule has 0 heterocycles. The normalized spacial score (nSPS) is 18.1. The van der Waals surface area contributed by atoms with Crippen molar-refractivity contribution in [1.29, 1.82) is 0 Å². The van der Waals surface area contributed by atoms with Crippen molar-refractivity contribution in [1.82, 2.24) is 0 Å². The Bertz CT molecular complexity index is 639. The van der Waals surface area contributed by atoms with Gasteiger partial charge < -0.3 is 4.74 Å². The second-order valence-electron chi connectivity index (χ2n) is 7.04. The van der Waals surface area contributed by atoms with Crippen LogP contribution in [0.25, 0.3) is 0 Å². The summed E-state index contributed by atoms with van der Waals surface area (Å²) < 4.78 is 19.8. The van der Waals surface area contributed by atoms with Gasteiger partial charge in [-0.3, -0.25) is 0 Å². The molecule has 1 unspecified atom stereocenters. The Labute approximate surface area is 144 Å². The van der Waals surface area contributed by atoms with E-state index in [9.17, 15) is 4.39 Å². The second kappa shape index (κ2) is 7.38. The molecule has 0 amide bonds. The topological polar surface area (TPSA) is 9.23 Å². The van der Waals surface area contributed by atoms with Crippen LogP contribution in [0.4, 0.5) is 4.39 Å². The highest BCUT2D eigenvalue weighted by molar-refractivity contribution is 5.32. The van der Waals surface area contributed by atoms with Crippen LogP contribution in [0.15, 0.2) is 48.5 Å². The molecule has 1 saturated carbocycles. The molecule has 128 valence electrons. The molecule has 24 heavy (non-hydrogen) atoms. The summed E-state index contributed by atoms with van der Waals surface area (Å²) in [7, 11) is 0. The van der Waals surface area contributed by atoms with E-state index in [4.69, 9.17) is 4.74 Å². The molecule has 0 spiro atoms. The lowest BCUT2D eigenvalue weighted by Crippen LogP contribution is -2.35. The van der Waals surface area contributed by atoms with Crippen LogP contribution in [0, 0.1) is 5.82 Å². The lowest BCUT2D eigenvalue weighted by Gasteiger charge is -2.38. The number of halogens is 1. The van der Waals surface area contributed by atoms with Crippen molar-refractivity contribution in [3.8, 4) is 5.75 Å². The maximum Gasteiger partial charge on any atom is 0.134 e. The summed E-state index contributed by atoms with van der Waals surface area (Å²) in [6.45, 7) is 4.46. The van der Waals surface area contributed by atoms with E-state index < -0.39 is 0 Å². The molecule has 1 fully saturated rings. The van der Waals surface area contributed by atoms with Crippen molar-refractivity contribution in [2.45, 2.75) is 63.9 Å². The van der Waals surface area contributed by atoms with E-state index in [-0.39, 0.29) is 11.4 Å². The molecule has 3 rings (SSSR count). The molecule has 1 atom stereocenters. The molecule has 0 radical (unpaired) electrons. The van der Waals surface area contributed by atoms with Crippen LogP contribution in [0.5, 0.6) is 5.75 Å². The Balaban J connectivity index is 1.85. The lowest BCUT2D eigenvalue weighted by atomic mass is 9.79. The van der Waals surface area contributed by atoms with Crippen LogP contribution >= 0.6 is 0 Å². The Morgan fingerprint density at radius 1 is 0.958 bits per heavy atom. The average Bonchev–Trinajstić information content (AvgIpc) is 2.63. The largest absolute Gasteiger partial charge is 0.483 e. The van der Waals surface area contributed by atoms with Crippen LogP contribution < -0.4 is 4.74 Å². The highest BCUT2D eigenvalue weighted by Gasteiger charge is 2.36. The van der Waals surface area contributed by atoms with Gasteiger partial charge in [0, 0.05) is 0 Å². The summed E-state index contributed by atoms with van der Waals surface area (Å²) in [5.74, 6) is 1.29. The Morgan fingerprint density at radius 3 is 2.17 bits per heavy atom. The van der Waals surface area contributed by atoms with Gasteiger partial charge in [-0.1, -0.05) is 44.5 Å². The predicted molar refractivity (Wildman–Crippen MR) is 96.9 cm³/mol. The third kappa shape index (κ3) is 3.63. The molecule has 1 aliphatic carbocycles. The predicted octanol–water partition coefficient (Wildman–Crippen LogP) is 6.58. The zero-order valence-electron chi connectivity index (χ0n) is 14.7. The zero-order valence-corrected chi connectivity index (χ0v) is 14.7. The van der Waals surface area contributed by atoms with Gasteiger partial charge in [0.1, 0.15) is 17.2 Å². The monoisotopic (exact) mass is 326 g/mol. The van der Waals surface area contributed by atoms with E-state index in [1.165, 1.54) is 12.0 Å². The molecule has 0 aromatic heterocycles. The molecular weight excluding hydrogens is 299 g/mol. The van der Waals surface area contributed by atoms with Gasteiger partial charge in [0.05, 0.1) is 0 Å². The van der Waals surface area contributed by atoms with Gasteiger partial charge in [-0.05, 0) is 73.4 Å². The SMILES string of the molecule is CCC(C)c1ccc(OC2(c3ccc(F)cc3)CCCCC2)cc1. The van der Waals surface area contributed by atoms with Gasteiger partial charge in [-0.15, -0.1) is 0 Å². The fraction of sp³-hybridized carbons (Fsp3) is 0.455. The second-order valence-corrected chi connectivity index (χ2v) is 7.04. The van der Waals surface area contributed by atoms with Crippen molar-refractivity contribution < 1.29 is 9.13 Å². The highest BCUT2D eigenvalue weighted by Crippen LogP contribution is 2.41. The summed E-state index contributed by atoms with van der Waals surface area (Å²) in [5.41, 5.74) is 2.13. The maximum absolute atomic E-state index is 13.3. The summed E-state index contributed by atoms with van der Waals surface area (Å²) in [5, 5.41) is 0. The standard InChI is InChI=1S/C22H27FO/c1-3-17(2)18-7-13-21(14-8-18)24-22(15-5-4-6-16-22)19-9-11-20(23)12-10-19/h7-14,17H,3-6,15-16H2,1-2H3. The van der Waals surface area contributed by atoms with Crippen molar-refractivity contribution in [2.75, 3.05) is 0 Å². The molecule has 0 aliphatic heterocycles. The quantitative estimate of drug-likeness (QED) is 0.603. The minimum absolute atomic E-state index is 0.192. The fourth-order valence-corrected chi connectivity index (χ4v) is 3.65. The van der Waals surface area contributed by atoms with Crippen LogP contribution in [-0.2, 0) is 5.60 Å². The minimum atomic E-state index is -0.316. The lowest BCUT2D eigenvalue weighted by molar-refractivity contribution is 0.0263. The first-order valence-corrected chi connectivity index (χ1v) is 9.18. The number of hydrogen-bond donors (Lipinski definition) is 0.